The Bertz CT molecular complexity index is 796. The van der Waals surface area contributed by atoms with Gasteiger partial charge in [-0.15, -0.1) is 0 Å². The fourth-order valence-electron chi connectivity index (χ4n) is 4.23. The maximum absolute atomic E-state index is 13.3. The van der Waals surface area contributed by atoms with Crippen molar-refractivity contribution in [1.29, 1.82) is 0 Å². The van der Waals surface area contributed by atoms with Gasteiger partial charge in [-0.1, -0.05) is 37.6 Å². The summed E-state index contributed by atoms with van der Waals surface area (Å²) in [5, 5.41) is 3.02. The van der Waals surface area contributed by atoms with E-state index in [-0.39, 0.29) is 17.2 Å². The van der Waals surface area contributed by atoms with E-state index < -0.39 is 0 Å². The molecule has 0 bridgehead atoms. The van der Waals surface area contributed by atoms with Crippen LogP contribution >= 0.6 is 0 Å². The Morgan fingerprint density at radius 1 is 1.11 bits per heavy atom. The van der Waals surface area contributed by atoms with E-state index in [2.05, 4.69) is 44.0 Å². The number of carbonyl (C=O) groups is 2. The van der Waals surface area contributed by atoms with Gasteiger partial charge in [0.05, 0.1) is 5.92 Å². The molecule has 3 aliphatic carbocycles. The van der Waals surface area contributed by atoms with Crippen molar-refractivity contribution in [1.82, 2.24) is 10.2 Å². The molecule has 2 amide bonds. The molecule has 150 valence electrons. The highest BCUT2D eigenvalue weighted by molar-refractivity contribution is 5.94. The molecule has 28 heavy (non-hydrogen) atoms. The predicted molar refractivity (Wildman–Crippen MR) is 111 cm³/mol. The van der Waals surface area contributed by atoms with Gasteiger partial charge in [-0.2, -0.15) is 0 Å². The molecular weight excluding hydrogens is 348 g/mol. The van der Waals surface area contributed by atoms with Gasteiger partial charge in [0.15, 0.2) is 0 Å². The fraction of sp³-hybridized carbons (Fsp3) is 0.583. The number of rotatable bonds is 7. The van der Waals surface area contributed by atoms with Crippen molar-refractivity contribution in [3.63, 3.8) is 0 Å². The van der Waals surface area contributed by atoms with Gasteiger partial charge < -0.3 is 10.2 Å². The molecule has 3 fully saturated rings. The Hall–Kier alpha value is -2.10. The second-order valence-electron chi connectivity index (χ2n) is 9.71. The Kier molecular flexibility index (Phi) is 4.84. The predicted octanol–water partition coefficient (Wildman–Crippen LogP) is 4.31. The van der Waals surface area contributed by atoms with Crippen LogP contribution in [0.25, 0.3) is 0 Å². The molecule has 4 heteroatoms. The van der Waals surface area contributed by atoms with E-state index in [4.69, 9.17) is 0 Å². The maximum atomic E-state index is 13.3. The zero-order valence-electron chi connectivity index (χ0n) is 17.5. The van der Waals surface area contributed by atoms with Gasteiger partial charge in [0.25, 0.3) is 5.91 Å². The van der Waals surface area contributed by atoms with Crippen molar-refractivity contribution in [3.8, 4) is 0 Å². The molecule has 3 saturated carbocycles. The summed E-state index contributed by atoms with van der Waals surface area (Å²) in [7, 11) is 0. The number of allylic oxidation sites excluding steroid dienone is 2. The quantitative estimate of drug-likeness (QED) is 0.717. The summed E-state index contributed by atoms with van der Waals surface area (Å²) in [6.07, 6.45) is 6.66. The van der Waals surface area contributed by atoms with Gasteiger partial charge in [-0.3, -0.25) is 9.59 Å². The van der Waals surface area contributed by atoms with Gasteiger partial charge in [0.2, 0.25) is 5.91 Å². The first-order valence-electron chi connectivity index (χ1n) is 10.6. The lowest BCUT2D eigenvalue weighted by Crippen LogP contribution is -2.35. The van der Waals surface area contributed by atoms with Crippen LogP contribution in [0.1, 0.15) is 69.3 Å². The second-order valence-corrected chi connectivity index (χ2v) is 9.71. The van der Waals surface area contributed by atoms with Crippen LogP contribution in [-0.4, -0.2) is 28.8 Å². The van der Waals surface area contributed by atoms with E-state index >= 15 is 0 Å². The molecule has 1 aromatic rings. The third kappa shape index (κ3) is 4.01. The minimum atomic E-state index is 0.00784. The lowest BCUT2D eigenvalue weighted by Gasteiger charge is -2.23. The summed E-state index contributed by atoms with van der Waals surface area (Å²) in [5.74, 6) is 0.741. The highest BCUT2D eigenvalue weighted by Gasteiger charge is 2.62. The molecule has 2 atom stereocenters. The standard InChI is InChI=1S/C24H32N2O2/c1-15(2)13-20-21(24(20,3)4)23(28)26(19-11-12-19)14-16-5-7-17(8-6-16)22(27)25-18-9-10-18/h5-8,13,18-21H,9-12,14H2,1-4H3,(H,25,27). The van der Waals surface area contributed by atoms with Crippen molar-refractivity contribution < 1.29 is 9.59 Å². The minimum Gasteiger partial charge on any atom is -0.349 e. The largest absolute Gasteiger partial charge is 0.349 e. The van der Waals surface area contributed by atoms with E-state index in [0.717, 1.165) is 31.2 Å². The molecule has 1 aromatic carbocycles. The summed E-state index contributed by atoms with van der Waals surface area (Å²) in [6.45, 7) is 9.27. The molecule has 0 saturated heterocycles. The van der Waals surface area contributed by atoms with Crippen LogP contribution in [0.5, 0.6) is 0 Å². The Morgan fingerprint density at radius 3 is 2.29 bits per heavy atom. The molecule has 4 rings (SSSR count). The zero-order chi connectivity index (χ0) is 20.1. The maximum Gasteiger partial charge on any atom is 0.251 e. The van der Waals surface area contributed by atoms with Gasteiger partial charge in [0, 0.05) is 24.2 Å². The van der Waals surface area contributed by atoms with Crippen LogP contribution < -0.4 is 5.32 Å². The van der Waals surface area contributed by atoms with E-state index in [1.165, 1.54) is 5.57 Å². The molecule has 0 aromatic heterocycles. The van der Waals surface area contributed by atoms with Gasteiger partial charge in [0.1, 0.15) is 0 Å². The summed E-state index contributed by atoms with van der Waals surface area (Å²) >= 11 is 0. The SMILES string of the molecule is CC(C)=CC1C(C(=O)N(Cc2ccc(C(=O)NC3CC3)cc2)C2CC2)C1(C)C. The van der Waals surface area contributed by atoms with Gasteiger partial charge >= 0.3 is 0 Å². The van der Waals surface area contributed by atoms with Crippen molar-refractivity contribution in [2.45, 2.75) is 72.0 Å². The van der Waals surface area contributed by atoms with Crippen LogP contribution in [-0.2, 0) is 11.3 Å². The Balaban J connectivity index is 1.43. The van der Waals surface area contributed by atoms with Crippen LogP contribution in [0.3, 0.4) is 0 Å². The number of nitrogens with zero attached hydrogens (tertiary/aromatic N) is 1. The third-order valence-electron chi connectivity index (χ3n) is 6.44. The third-order valence-corrected chi connectivity index (χ3v) is 6.44. The van der Waals surface area contributed by atoms with E-state index in [0.29, 0.717) is 36.0 Å². The molecule has 4 nitrogen and oxygen atoms in total. The molecule has 0 heterocycles. The number of hydrogen-bond acceptors (Lipinski definition) is 2. The Labute approximate surface area is 168 Å². The lowest BCUT2D eigenvalue weighted by atomic mass is 10.1. The van der Waals surface area contributed by atoms with Crippen molar-refractivity contribution in [3.05, 3.63) is 47.0 Å². The van der Waals surface area contributed by atoms with Crippen molar-refractivity contribution in [2.24, 2.45) is 17.3 Å². The van der Waals surface area contributed by atoms with E-state index in [1.54, 1.807) is 0 Å². The monoisotopic (exact) mass is 380 g/mol. The van der Waals surface area contributed by atoms with Crippen LogP contribution in [0, 0.1) is 17.3 Å². The average molecular weight is 381 g/mol. The van der Waals surface area contributed by atoms with Crippen molar-refractivity contribution in [2.75, 3.05) is 0 Å². The highest BCUT2D eigenvalue weighted by atomic mass is 16.2. The number of benzene rings is 1. The molecule has 2 unspecified atom stereocenters. The minimum absolute atomic E-state index is 0.00784. The first kappa shape index (κ1) is 19.2. The van der Waals surface area contributed by atoms with Crippen LogP contribution in [0.4, 0.5) is 0 Å². The molecule has 0 spiro atoms. The van der Waals surface area contributed by atoms with E-state index in [9.17, 15) is 9.59 Å². The number of carbonyl (C=O) groups excluding carboxylic acids is 2. The lowest BCUT2D eigenvalue weighted by molar-refractivity contribution is -0.134. The van der Waals surface area contributed by atoms with Crippen LogP contribution in [0.15, 0.2) is 35.9 Å². The van der Waals surface area contributed by atoms with Gasteiger partial charge in [-0.25, -0.2) is 0 Å². The molecular formula is C24H32N2O2. The van der Waals surface area contributed by atoms with E-state index in [1.807, 2.05) is 24.3 Å². The summed E-state index contributed by atoms with van der Waals surface area (Å²) in [4.78, 5) is 27.6. The first-order valence-corrected chi connectivity index (χ1v) is 10.6. The molecule has 3 aliphatic rings. The normalized spacial score (nSPS) is 25.0. The van der Waals surface area contributed by atoms with Crippen molar-refractivity contribution >= 4 is 11.8 Å². The fourth-order valence-corrected chi connectivity index (χ4v) is 4.23. The number of amides is 2. The highest BCUT2D eigenvalue weighted by Crippen LogP contribution is 2.60. The second kappa shape index (κ2) is 7.06. The summed E-state index contributed by atoms with van der Waals surface area (Å²) < 4.78 is 0. The number of nitrogens with one attached hydrogen (secondary N) is 1. The summed E-state index contributed by atoms with van der Waals surface area (Å²) in [5.41, 5.74) is 3.13. The topological polar surface area (TPSA) is 49.4 Å². The zero-order valence-corrected chi connectivity index (χ0v) is 17.5. The Morgan fingerprint density at radius 2 is 1.75 bits per heavy atom. The molecule has 0 aliphatic heterocycles. The first-order chi connectivity index (χ1) is 13.3. The van der Waals surface area contributed by atoms with Crippen LogP contribution in [0.2, 0.25) is 0 Å². The van der Waals surface area contributed by atoms with Gasteiger partial charge in [-0.05, 0) is 68.6 Å². The molecule has 0 radical (unpaired) electrons. The average Bonchev–Trinajstić information content (AvgIpc) is 3.51. The number of hydrogen-bond donors (Lipinski definition) is 1. The molecule has 1 N–H and O–H groups in total. The summed E-state index contributed by atoms with van der Waals surface area (Å²) in [6, 6.07) is 8.51. The smallest absolute Gasteiger partial charge is 0.251 e.